The minimum Gasteiger partial charge on any atom is -0.310 e. The Kier molecular flexibility index (Phi) is 4.39. The van der Waals surface area contributed by atoms with E-state index in [2.05, 4.69) is 30.9 Å². The lowest BCUT2D eigenvalue weighted by Crippen LogP contribution is -2.47. The van der Waals surface area contributed by atoms with E-state index >= 15 is 0 Å². The van der Waals surface area contributed by atoms with Crippen LogP contribution in [-0.2, 0) is 0 Å². The zero-order valence-electron chi connectivity index (χ0n) is 10.2. The van der Waals surface area contributed by atoms with Gasteiger partial charge >= 0.3 is 0 Å². The van der Waals surface area contributed by atoms with Crippen LogP contribution in [0.1, 0.15) is 46.0 Å². The molecule has 4 atom stereocenters. The van der Waals surface area contributed by atoms with E-state index in [1.165, 1.54) is 43.6 Å². The number of hydrogen-bond donors (Lipinski definition) is 1. The normalized spacial score (nSPS) is 42.8. The van der Waals surface area contributed by atoms with Crippen molar-refractivity contribution in [1.29, 1.82) is 0 Å². The second kappa shape index (κ2) is 5.58. The molecule has 2 aliphatic rings. The van der Waals surface area contributed by atoms with Gasteiger partial charge in [0, 0.05) is 17.8 Å². The molecule has 1 saturated carbocycles. The summed E-state index contributed by atoms with van der Waals surface area (Å²) in [6.45, 7) is 4.87. The predicted octanol–water partition coefficient (Wildman–Crippen LogP) is 3.30. The van der Waals surface area contributed by atoms with Crippen molar-refractivity contribution in [1.82, 2.24) is 5.32 Å². The summed E-state index contributed by atoms with van der Waals surface area (Å²) in [5, 5.41) is 3.92. The third kappa shape index (κ3) is 3.13. The first-order valence-corrected chi connectivity index (χ1v) is 7.76. The van der Waals surface area contributed by atoms with Crippen LogP contribution in [0.25, 0.3) is 0 Å². The summed E-state index contributed by atoms with van der Waals surface area (Å²) in [6.07, 6.45) is 7.11. The molecular formula is C13H25NS. The third-order valence-electron chi connectivity index (χ3n) is 4.32. The first kappa shape index (κ1) is 11.8. The van der Waals surface area contributed by atoms with E-state index in [1.807, 2.05) is 0 Å². The van der Waals surface area contributed by atoms with Crippen molar-refractivity contribution in [3.05, 3.63) is 0 Å². The molecule has 1 N–H and O–H groups in total. The second-order valence-electron chi connectivity index (χ2n) is 5.45. The molecule has 2 fully saturated rings. The van der Waals surface area contributed by atoms with Crippen molar-refractivity contribution in [3.63, 3.8) is 0 Å². The molecule has 88 valence electrons. The maximum Gasteiger partial charge on any atom is 0.0161 e. The fraction of sp³-hybridized carbons (Fsp3) is 1.00. The van der Waals surface area contributed by atoms with Gasteiger partial charge in [0.05, 0.1) is 0 Å². The highest BCUT2D eigenvalue weighted by Gasteiger charge is 2.28. The first-order chi connectivity index (χ1) is 7.27. The molecule has 0 aromatic carbocycles. The highest BCUT2D eigenvalue weighted by atomic mass is 32.2. The molecule has 1 aliphatic heterocycles. The fourth-order valence-corrected chi connectivity index (χ4v) is 4.08. The molecule has 0 radical (unpaired) electrons. The van der Waals surface area contributed by atoms with Crippen molar-refractivity contribution >= 4 is 11.8 Å². The van der Waals surface area contributed by atoms with Crippen molar-refractivity contribution in [2.24, 2.45) is 11.8 Å². The smallest absolute Gasteiger partial charge is 0.0161 e. The van der Waals surface area contributed by atoms with Crippen molar-refractivity contribution in [2.75, 3.05) is 11.5 Å². The zero-order chi connectivity index (χ0) is 10.7. The molecule has 0 bridgehead atoms. The van der Waals surface area contributed by atoms with Gasteiger partial charge < -0.3 is 5.32 Å². The summed E-state index contributed by atoms with van der Waals surface area (Å²) < 4.78 is 0. The average Bonchev–Trinajstić information content (AvgIpc) is 2.26. The molecule has 2 heteroatoms. The number of thioether (sulfide) groups is 1. The van der Waals surface area contributed by atoms with E-state index in [0.717, 1.165) is 23.9 Å². The van der Waals surface area contributed by atoms with Gasteiger partial charge in [-0.1, -0.05) is 26.7 Å². The molecule has 2 rings (SSSR count). The summed E-state index contributed by atoms with van der Waals surface area (Å²) in [5.74, 6) is 4.53. The molecule has 0 amide bonds. The van der Waals surface area contributed by atoms with E-state index in [4.69, 9.17) is 0 Å². The van der Waals surface area contributed by atoms with Crippen LogP contribution < -0.4 is 5.32 Å². The monoisotopic (exact) mass is 227 g/mol. The van der Waals surface area contributed by atoms with Crippen LogP contribution in [0, 0.1) is 11.8 Å². The molecule has 0 aromatic rings. The van der Waals surface area contributed by atoms with Gasteiger partial charge in [0.1, 0.15) is 0 Å². The molecule has 0 spiro atoms. The Bertz CT molecular complexity index is 189. The lowest BCUT2D eigenvalue weighted by atomic mass is 9.78. The Labute approximate surface area is 98.8 Å². The van der Waals surface area contributed by atoms with E-state index in [1.54, 1.807) is 0 Å². The summed E-state index contributed by atoms with van der Waals surface area (Å²) >= 11 is 2.13. The topological polar surface area (TPSA) is 12.0 Å². The number of hydrogen-bond acceptors (Lipinski definition) is 2. The van der Waals surface area contributed by atoms with Crippen LogP contribution >= 0.6 is 11.8 Å². The van der Waals surface area contributed by atoms with Crippen LogP contribution in [0.5, 0.6) is 0 Å². The van der Waals surface area contributed by atoms with Gasteiger partial charge in [0.15, 0.2) is 0 Å². The van der Waals surface area contributed by atoms with Crippen LogP contribution in [-0.4, -0.2) is 23.6 Å². The minimum absolute atomic E-state index is 0.803. The number of rotatable bonds is 2. The van der Waals surface area contributed by atoms with E-state index in [9.17, 15) is 0 Å². The van der Waals surface area contributed by atoms with Crippen LogP contribution in [0.2, 0.25) is 0 Å². The molecule has 1 heterocycles. The second-order valence-corrected chi connectivity index (χ2v) is 6.60. The maximum absolute atomic E-state index is 3.92. The zero-order valence-corrected chi connectivity index (χ0v) is 11.0. The Hall–Kier alpha value is 0.310. The van der Waals surface area contributed by atoms with E-state index < -0.39 is 0 Å². The number of nitrogens with one attached hydrogen (secondary N) is 1. The molecule has 1 aliphatic carbocycles. The Morgan fingerprint density at radius 3 is 2.67 bits per heavy atom. The minimum atomic E-state index is 0.803. The highest BCUT2D eigenvalue weighted by Crippen LogP contribution is 2.30. The van der Waals surface area contributed by atoms with Gasteiger partial charge in [0.2, 0.25) is 0 Å². The van der Waals surface area contributed by atoms with Crippen LogP contribution in [0.3, 0.4) is 0 Å². The quantitative estimate of drug-likeness (QED) is 0.777. The first-order valence-electron chi connectivity index (χ1n) is 6.61. The standard InChI is InChI=1S/C13H25NS/c1-10-5-3-7-13(11(10)2)14-12-6-4-8-15-9-12/h10-14H,3-9H2,1-2H3/t10-,11+,12+,13+/m1/s1. The third-order valence-corrected chi connectivity index (χ3v) is 5.53. The van der Waals surface area contributed by atoms with Crippen LogP contribution in [0.4, 0.5) is 0 Å². The van der Waals surface area contributed by atoms with Gasteiger partial charge in [-0.3, -0.25) is 0 Å². The van der Waals surface area contributed by atoms with Crippen molar-refractivity contribution in [3.8, 4) is 0 Å². The Morgan fingerprint density at radius 2 is 1.93 bits per heavy atom. The Balaban J connectivity index is 1.81. The van der Waals surface area contributed by atoms with Crippen molar-refractivity contribution < 1.29 is 0 Å². The van der Waals surface area contributed by atoms with Gasteiger partial charge in [-0.2, -0.15) is 11.8 Å². The summed E-state index contributed by atoms with van der Waals surface area (Å²) in [6, 6.07) is 1.61. The molecule has 0 unspecified atom stereocenters. The summed E-state index contributed by atoms with van der Waals surface area (Å²) in [7, 11) is 0. The van der Waals surface area contributed by atoms with Gasteiger partial charge in [0.25, 0.3) is 0 Å². The summed E-state index contributed by atoms with van der Waals surface area (Å²) in [5.41, 5.74) is 0. The molecule has 15 heavy (non-hydrogen) atoms. The Morgan fingerprint density at radius 1 is 1.07 bits per heavy atom. The maximum atomic E-state index is 3.92. The molecule has 1 nitrogen and oxygen atoms in total. The van der Waals surface area contributed by atoms with Gasteiger partial charge in [-0.05, 0) is 36.9 Å². The lowest BCUT2D eigenvalue weighted by Gasteiger charge is -2.38. The van der Waals surface area contributed by atoms with Gasteiger partial charge in [-0.15, -0.1) is 0 Å². The van der Waals surface area contributed by atoms with E-state index in [-0.39, 0.29) is 0 Å². The lowest BCUT2D eigenvalue weighted by molar-refractivity contribution is 0.194. The fourth-order valence-electron chi connectivity index (χ4n) is 2.99. The SMILES string of the molecule is C[C@H]1[C@H](C)CCC[C@@H]1N[C@H]1CCCSC1. The summed E-state index contributed by atoms with van der Waals surface area (Å²) in [4.78, 5) is 0. The van der Waals surface area contributed by atoms with Gasteiger partial charge in [-0.25, -0.2) is 0 Å². The van der Waals surface area contributed by atoms with Crippen molar-refractivity contribution in [2.45, 2.75) is 58.0 Å². The molecule has 1 saturated heterocycles. The van der Waals surface area contributed by atoms with Crippen LogP contribution in [0.15, 0.2) is 0 Å². The highest BCUT2D eigenvalue weighted by molar-refractivity contribution is 7.99. The largest absolute Gasteiger partial charge is 0.310 e. The molecule has 0 aromatic heterocycles. The molecular weight excluding hydrogens is 202 g/mol. The predicted molar refractivity (Wildman–Crippen MR) is 69.4 cm³/mol. The van der Waals surface area contributed by atoms with E-state index in [0.29, 0.717) is 0 Å². The average molecular weight is 227 g/mol.